The van der Waals surface area contributed by atoms with Crippen LogP contribution in [0.3, 0.4) is 0 Å². The Kier molecular flexibility index (Phi) is 3.27. The average Bonchev–Trinajstić information content (AvgIpc) is 3.12. The summed E-state index contributed by atoms with van der Waals surface area (Å²) >= 11 is 1.70. The van der Waals surface area contributed by atoms with Gasteiger partial charge in [0.05, 0.1) is 17.4 Å². The van der Waals surface area contributed by atoms with Crippen LogP contribution in [-0.2, 0) is 6.54 Å². The average molecular weight is 310 g/mol. The second-order valence-electron chi connectivity index (χ2n) is 4.93. The van der Waals surface area contributed by atoms with Gasteiger partial charge in [-0.2, -0.15) is 0 Å². The van der Waals surface area contributed by atoms with Gasteiger partial charge in [0.2, 0.25) is 0 Å². The maximum atomic E-state index is 4.59. The molecule has 0 fully saturated rings. The fourth-order valence-electron chi connectivity index (χ4n) is 2.56. The number of fused-ring (bicyclic) bond motifs is 2. The van der Waals surface area contributed by atoms with Crippen molar-refractivity contribution < 1.29 is 0 Å². The largest absolute Gasteiger partial charge is 0.341 e. The molecular weight excluding hydrogens is 296 g/mol. The lowest BCUT2D eigenvalue weighted by atomic mass is 10.3. The van der Waals surface area contributed by atoms with Crippen LogP contribution >= 0.6 is 11.8 Å². The van der Waals surface area contributed by atoms with Gasteiger partial charge in [0, 0.05) is 12.3 Å². The van der Waals surface area contributed by atoms with Gasteiger partial charge in [-0.05, 0) is 19.1 Å². The Hall–Kier alpha value is -2.41. The van der Waals surface area contributed by atoms with Crippen LogP contribution in [0, 0.1) is 6.92 Å². The van der Waals surface area contributed by atoms with Gasteiger partial charge >= 0.3 is 0 Å². The summed E-state index contributed by atoms with van der Waals surface area (Å²) in [5, 5.41) is 0.935. The predicted molar refractivity (Wildman–Crippen MR) is 86.9 cm³/mol. The fraction of sp³-hybridized carbons (Fsp3) is 0.200. The zero-order valence-corrected chi connectivity index (χ0v) is 12.8. The summed E-state index contributed by atoms with van der Waals surface area (Å²) in [6, 6.07) is 8.22. The van der Waals surface area contributed by atoms with E-state index >= 15 is 0 Å². The van der Waals surface area contributed by atoms with E-state index in [4.69, 9.17) is 0 Å². The summed E-state index contributed by atoms with van der Waals surface area (Å²) in [4.78, 5) is 20.3. The molecule has 0 radical (unpaired) electrons. The lowest BCUT2D eigenvalue weighted by molar-refractivity contribution is 0.761. The van der Waals surface area contributed by atoms with Crippen molar-refractivity contribution in [1.82, 2.24) is 29.5 Å². The normalized spacial score (nSPS) is 11.5. The first-order chi connectivity index (χ1) is 10.8. The second kappa shape index (κ2) is 5.42. The first-order valence-corrected chi connectivity index (χ1v) is 8.00. The van der Waals surface area contributed by atoms with E-state index < -0.39 is 0 Å². The minimum atomic E-state index is 0.710. The molecule has 0 atom stereocenters. The lowest BCUT2D eigenvalue weighted by Crippen LogP contribution is -2.03. The summed E-state index contributed by atoms with van der Waals surface area (Å²) in [5.74, 6) is 1.95. The van der Waals surface area contributed by atoms with Crippen LogP contribution in [0.15, 0.2) is 41.9 Å². The molecule has 0 saturated carbocycles. The van der Waals surface area contributed by atoms with E-state index in [2.05, 4.69) is 35.6 Å². The van der Waals surface area contributed by atoms with Gasteiger partial charge in [-0.3, -0.25) is 0 Å². The smallest absolute Gasteiger partial charge is 0.181 e. The van der Waals surface area contributed by atoms with Gasteiger partial charge in [-0.15, -0.1) is 11.8 Å². The molecule has 4 rings (SSSR count). The number of aromatic amines is 1. The summed E-state index contributed by atoms with van der Waals surface area (Å²) < 4.78 is 2.24. The molecule has 0 aliphatic rings. The third-order valence-corrected chi connectivity index (χ3v) is 4.56. The number of benzene rings is 1. The standard InChI is InChI=1S/C15H14N6S/c1-10-20-11-4-2-3-5-12(11)21(10)6-7-22-15-13-14(17-8-16-13)18-9-19-15/h2-5,8-9H,6-7H2,1H3,(H,16,17,18,19). The van der Waals surface area contributed by atoms with Crippen LogP contribution in [0.2, 0.25) is 0 Å². The van der Waals surface area contributed by atoms with Gasteiger partial charge < -0.3 is 9.55 Å². The van der Waals surface area contributed by atoms with Crippen molar-refractivity contribution in [1.29, 1.82) is 0 Å². The van der Waals surface area contributed by atoms with Crippen molar-refractivity contribution in [3.8, 4) is 0 Å². The molecule has 4 aromatic rings. The predicted octanol–water partition coefficient (Wildman–Crippen LogP) is 2.80. The quantitative estimate of drug-likeness (QED) is 0.463. The number of para-hydroxylation sites is 2. The Morgan fingerprint density at radius 2 is 2.09 bits per heavy atom. The molecule has 3 heterocycles. The number of hydrogen-bond donors (Lipinski definition) is 1. The van der Waals surface area contributed by atoms with Crippen LogP contribution in [0.4, 0.5) is 0 Å². The second-order valence-corrected chi connectivity index (χ2v) is 6.01. The highest BCUT2D eigenvalue weighted by atomic mass is 32.2. The van der Waals surface area contributed by atoms with E-state index in [0.29, 0.717) is 5.65 Å². The molecule has 0 unspecified atom stereocenters. The molecule has 1 aromatic carbocycles. The number of hydrogen-bond acceptors (Lipinski definition) is 5. The number of thioether (sulfide) groups is 1. The minimum absolute atomic E-state index is 0.710. The molecule has 1 N–H and O–H groups in total. The number of H-pyrrole nitrogens is 1. The van der Waals surface area contributed by atoms with Crippen molar-refractivity contribution in [2.45, 2.75) is 18.5 Å². The highest BCUT2D eigenvalue weighted by Crippen LogP contribution is 2.23. The Labute approximate surface area is 131 Å². The van der Waals surface area contributed by atoms with Crippen molar-refractivity contribution in [2.24, 2.45) is 0 Å². The maximum Gasteiger partial charge on any atom is 0.181 e. The van der Waals surface area contributed by atoms with Crippen molar-refractivity contribution in [3.05, 3.63) is 42.7 Å². The Morgan fingerprint density at radius 1 is 1.18 bits per heavy atom. The first-order valence-electron chi connectivity index (χ1n) is 7.01. The van der Waals surface area contributed by atoms with Crippen LogP contribution in [0.1, 0.15) is 5.82 Å². The number of aryl methyl sites for hydroxylation is 2. The third kappa shape index (κ3) is 2.23. The minimum Gasteiger partial charge on any atom is -0.341 e. The number of imidazole rings is 2. The Balaban J connectivity index is 1.55. The maximum absolute atomic E-state index is 4.59. The SMILES string of the molecule is Cc1nc2ccccc2n1CCSc1ncnc2nc[nH]c12. The summed E-state index contributed by atoms with van der Waals surface area (Å²) in [6.07, 6.45) is 3.21. The molecule has 0 spiro atoms. The molecule has 0 amide bonds. The zero-order chi connectivity index (χ0) is 14.9. The Bertz CT molecular complexity index is 941. The van der Waals surface area contributed by atoms with E-state index in [-0.39, 0.29) is 0 Å². The molecule has 7 heteroatoms. The van der Waals surface area contributed by atoms with Crippen molar-refractivity contribution in [2.75, 3.05) is 5.75 Å². The summed E-state index contributed by atoms with van der Waals surface area (Å²) in [7, 11) is 0. The van der Waals surface area contributed by atoms with Crippen LogP contribution in [-0.4, -0.2) is 35.2 Å². The molecule has 110 valence electrons. The van der Waals surface area contributed by atoms with E-state index in [9.17, 15) is 0 Å². The number of nitrogens with one attached hydrogen (secondary N) is 1. The van der Waals surface area contributed by atoms with Gasteiger partial charge in [0.1, 0.15) is 22.7 Å². The van der Waals surface area contributed by atoms with Gasteiger partial charge in [-0.1, -0.05) is 12.1 Å². The molecule has 0 aliphatic carbocycles. The highest BCUT2D eigenvalue weighted by Gasteiger charge is 2.09. The zero-order valence-electron chi connectivity index (χ0n) is 12.0. The van der Waals surface area contributed by atoms with E-state index in [1.807, 2.05) is 25.1 Å². The van der Waals surface area contributed by atoms with Crippen LogP contribution in [0.5, 0.6) is 0 Å². The van der Waals surface area contributed by atoms with E-state index in [1.165, 1.54) is 5.52 Å². The summed E-state index contributed by atoms with van der Waals surface area (Å²) in [6.45, 7) is 2.93. The van der Waals surface area contributed by atoms with E-state index in [1.54, 1.807) is 24.4 Å². The molecule has 0 bridgehead atoms. The third-order valence-electron chi connectivity index (χ3n) is 3.59. The van der Waals surface area contributed by atoms with Gasteiger partial charge in [0.25, 0.3) is 0 Å². The topological polar surface area (TPSA) is 72.3 Å². The molecular formula is C15H14N6S. The van der Waals surface area contributed by atoms with Crippen molar-refractivity contribution in [3.63, 3.8) is 0 Å². The molecule has 3 aromatic heterocycles. The van der Waals surface area contributed by atoms with Gasteiger partial charge in [-0.25, -0.2) is 19.9 Å². The fourth-order valence-corrected chi connectivity index (χ4v) is 3.45. The molecule has 0 aliphatic heterocycles. The van der Waals surface area contributed by atoms with Gasteiger partial charge in [0.15, 0.2) is 5.65 Å². The first kappa shape index (κ1) is 13.3. The summed E-state index contributed by atoms with van der Waals surface area (Å²) in [5.41, 5.74) is 3.83. The number of nitrogens with zero attached hydrogens (tertiary/aromatic N) is 5. The highest BCUT2D eigenvalue weighted by molar-refractivity contribution is 7.99. The number of rotatable bonds is 4. The van der Waals surface area contributed by atoms with E-state index in [0.717, 1.165) is 34.2 Å². The molecule has 6 nitrogen and oxygen atoms in total. The van der Waals surface area contributed by atoms with Crippen LogP contribution < -0.4 is 0 Å². The van der Waals surface area contributed by atoms with Crippen molar-refractivity contribution >= 4 is 34.0 Å². The number of aromatic nitrogens is 6. The lowest BCUT2D eigenvalue weighted by Gasteiger charge is -2.06. The van der Waals surface area contributed by atoms with Crippen LogP contribution in [0.25, 0.3) is 22.2 Å². The monoisotopic (exact) mass is 310 g/mol. The Morgan fingerprint density at radius 3 is 3.05 bits per heavy atom. The molecule has 0 saturated heterocycles. The molecule has 22 heavy (non-hydrogen) atoms.